The Hall–Kier alpha value is -1.99. The number of benzene rings is 2. The largest absolute Gasteiger partial charge is 0.497 e. The molecule has 0 heterocycles. The van der Waals surface area contributed by atoms with Crippen molar-refractivity contribution in [3.8, 4) is 5.75 Å². The average molecular weight is 479 g/mol. The van der Waals surface area contributed by atoms with E-state index in [9.17, 15) is 9.59 Å². The third kappa shape index (κ3) is 7.08. The molecule has 0 aromatic heterocycles. The van der Waals surface area contributed by atoms with Gasteiger partial charge in [0.25, 0.3) is 0 Å². The number of rotatable bonds is 10. The van der Waals surface area contributed by atoms with Crippen molar-refractivity contribution in [2.75, 3.05) is 19.9 Å². The Morgan fingerprint density at radius 2 is 1.72 bits per heavy atom. The molecule has 1 unspecified atom stereocenters. The lowest BCUT2D eigenvalue weighted by Gasteiger charge is -2.30. The molecule has 2 aromatic carbocycles. The Morgan fingerprint density at radius 1 is 1.10 bits per heavy atom. The zero-order valence-electron chi connectivity index (χ0n) is 17.0. The number of methoxy groups -OCH3 is 1. The molecule has 2 amide bonds. The Balaban J connectivity index is 2.08. The predicted molar refractivity (Wildman–Crippen MR) is 122 cm³/mol. The first kappa shape index (κ1) is 23.3. The molecule has 156 valence electrons. The molecule has 1 atom stereocenters. The summed E-state index contributed by atoms with van der Waals surface area (Å²) in [6, 6.07) is 15.1. The van der Waals surface area contributed by atoms with E-state index in [2.05, 4.69) is 21.2 Å². The summed E-state index contributed by atoms with van der Waals surface area (Å²) in [5, 5.41) is 2.68. The number of hydrogen-bond acceptors (Lipinski definition) is 4. The maximum atomic E-state index is 13.0. The van der Waals surface area contributed by atoms with Crippen LogP contribution in [0.25, 0.3) is 0 Å². The molecule has 0 aliphatic rings. The molecule has 0 aliphatic carbocycles. The van der Waals surface area contributed by atoms with Crippen LogP contribution < -0.4 is 10.1 Å². The number of hydrogen-bond donors (Lipinski definition) is 1. The van der Waals surface area contributed by atoms with Crippen molar-refractivity contribution in [1.29, 1.82) is 0 Å². The minimum Gasteiger partial charge on any atom is -0.497 e. The van der Waals surface area contributed by atoms with Gasteiger partial charge < -0.3 is 15.0 Å². The van der Waals surface area contributed by atoms with E-state index >= 15 is 0 Å². The van der Waals surface area contributed by atoms with Crippen LogP contribution in [0.15, 0.2) is 53.0 Å². The molecule has 0 radical (unpaired) electrons. The van der Waals surface area contributed by atoms with Crippen molar-refractivity contribution in [3.05, 3.63) is 64.1 Å². The zero-order chi connectivity index (χ0) is 21.2. The predicted octanol–water partition coefficient (Wildman–Crippen LogP) is 4.24. The second-order valence-electron chi connectivity index (χ2n) is 6.53. The van der Waals surface area contributed by atoms with Crippen LogP contribution in [0.1, 0.15) is 24.5 Å². The lowest BCUT2D eigenvalue weighted by Crippen LogP contribution is -2.48. The molecule has 0 saturated carbocycles. The van der Waals surface area contributed by atoms with E-state index in [0.717, 1.165) is 27.1 Å². The van der Waals surface area contributed by atoms with Gasteiger partial charge in [0, 0.05) is 23.8 Å². The summed E-state index contributed by atoms with van der Waals surface area (Å²) in [6.07, 6.45) is 0.555. The number of ether oxygens (including phenoxy) is 1. The Bertz CT molecular complexity index is 797. The van der Waals surface area contributed by atoms with Gasteiger partial charge in [-0.05, 0) is 41.8 Å². The molecule has 0 fully saturated rings. The highest BCUT2D eigenvalue weighted by molar-refractivity contribution is 9.10. The number of thioether (sulfide) groups is 1. The number of nitrogens with zero attached hydrogens (tertiary/aromatic N) is 1. The normalized spacial score (nSPS) is 11.6. The number of halogens is 1. The van der Waals surface area contributed by atoms with Crippen LogP contribution in [-0.4, -0.2) is 42.7 Å². The van der Waals surface area contributed by atoms with Crippen LogP contribution in [0.3, 0.4) is 0 Å². The number of likely N-dealkylation sites (N-methyl/N-ethyl adjacent to an activating group) is 1. The first-order chi connectivity index (χ1) is 14.0. The van der Waals surface area contributed by atoms with Crippen molar-refractivity contribution < 1.29 is 14.3 Å². The van der Waals surface area contributed by atoms with Crippen molar-refractivity contribution in [2.45, 2.75) is 31.7 Å². The quantitative estimate of drug-likeness (QED) is 0.554. The first-order valence-electron chi connectivity index (χ1n) is 9.44. The van der Waals surface area contributed by atoms with Crippen molar-refractivity contribution in [1.82, 2.24) is 10.2 Å². The molecule has 0 aliphatic heterocycles. The summed E-state index contributed by atoms with van der Waals surface area (Å²) >= 11 is 4.98. The van der Waals surface area contributed by atoms with Gasteiger partial charge >= 0.3 is 0 Å². The minimum absolute atomic E-state index is 0.0432. The molecular weight excluding hydrogens is 452 g/mol. The second kappa shape index (κ2) is 11.9. The lowest BCUT2D eigenvalue weighted by atomic mass is 10.1. The van der Waals surface area contributed by atoms with Crippen LogP contribution in [0, 0.1) is 0 Å². The fraction of sp³-hybridized carbons (Fsp3) is 0.364. The third-order valence-corrected chi connectivity index (χ3v) is 6.07. The molecular formula is C22H27BrN2O3S. The van der Waals surface area contributed by atoms with Gasteiger partial charge in [0.05, 0.1) is 12.9 Å². The smallest absolute Gasteiger partial charge is 0.242 e. The van der Waals surface area contributed by atoms with E-state index in [1.165, 1.54) is 0 Å². The Labute approximate surface area is 185 Å². The van der Waals surface area contributed by atoms with Crippen LogP contribution in [0.5, 0.6) is 5.75 Å². The molecule has 2 aromatic rings. The van der Waals surface area contributed by atoms with Gasteiger partial charge in [-0.2, -0.15) is 0 Å². The van der Waals surface area contributed by atoms with Crippen molar-refractivity contribution in [3.63, 3.8) is 0 Å². The van der Waals surface area contributed by atoms with Gasteiger partial charge in [0.15, 0.2) is 0 Å². The Morgan fingerprint density at radius 3 is 2.28 bits per heavy atom. The molecule has 2 rings (SSSR count). The van der Waals surface area contributed by atoms with Gasteiger partial charge in [0.2, 0.25) is 11.8 Å². The van der Waals surface area contributed by atoms with Crippen LogP contribution in [-0.2, 0) is 21.9 Å². The van der Waals surface area contributed by atoms with Gasteiger partial charge in [0.1, 0.15) is 11.8 Å². The van der Waals surface area contributed by atoms with E-state index in [-0.39, 0.29) is 11.8 Å². The maximum Gasteiger partial charge on any atom is 0.242 e. The molecule has 5 nitrogen and oxygen atoms in total. The molecule has 0 bridgehead atoms. The number of carbonyl (C=O) groups excluding carboxylic acids is 2. The topological polar surface area (TPSA) is 58.6 Å². The highest BCUT2D eigenvalue weighted by atomic mass is 79.9. The molecule has 0 spiro atoms. The molecule has 7 heteroatoms. The third-order valence-electron chi connectivity index (χ3n) is 4.55. The monoisotopic (exact) mass is 478 g/mol. The lowest BCUT2D eigenvalue weighted by molar-refractivity contribution is -0.139. The molecule has 29 heavy (non-hydrogen) atoms. The van der Waals surface area contributed by atoms with Gasteiger partial charge in [-0.25, -0.2) is 0 Å². The number of nitrogens with one attached hydrogen (secondary N) is 1. The van der Waals surface area contributed by atoms with Crippen LogP contribution >= 0.6 is 27.7 Å². The SMILES string of the molecule is CCC(C(=O)NC)N(Cc1ccc(OC)cc1)C(=O)CSCc1ccc(Br)cc1. The summed E-state index contributed by atoms with van der Waals surface area (Å²) < 4.78 is 6.23. The minimum atomic E-state index is -0.497. The summed E-state index contributed by atoms with van der Waals surface area (Å²) in [5.41, 5.74) is 2.12. The van der Waals surface area contributed by atoms with Crippen LogP contribution in [0.4, 0.5) is 0 Å². The fourth-order valence-corrected chi connectivity index (χ4v) is 4.07. The fourth-order valence-electron chi connectivity index (χ4n) is 2.93. The second-order valence-corrected chi connectivity index (χ2v) is 8.43. The summed E-state index contributed by atoms with van der Waals surface area (Å²) in [6.45, 7) is 2.30. The van der Waals surface area contributed by atoms with E-state index in [1.807, 2.05) is 55.5 Å². The molecule has 0 saturated heterocycles. The van der Waals surface area contributed by atoms with Crippen molar-refractivity contribution >= 4 is 39.5 Å². The van der Waals surface area contributed by atoms with Crippen molar-refractivity contribution in [2.24, 2.45) is 0 Å². The number of carbonyl (C=O) groups is 2. The van der Waals surface area contributed by atoms with E-state index in [4.69, 9.17) is 4.74 Å². The zero-order valence-corrected chi connectivity index (χ0v) is 19.4. The average Bonchev–Trinajstić information content (AvgIpc) is 2.75. The first-order valence-corrected chi connectivity index (χ1v) is 11.4. The standard InChI is InChI=1S/C22H27BrN2O3S/c1-4-20(22(27)24-2)25(13-16-7-11-19(28-3)12-8-16)21(26)15-29-14-17-5-9-18(23)10-6-17/h5-12,20H,4,13-15H2,1-3H3,(H,24,27). The van der Waals surface area contributed by atoms with Gasteiger partial charge in [-0.15, -0.1) is 11.8 Å². The van der Waals surface area contributed by atoms with Gasteiger partial charge in [-0.1, -0.05) is 47.1 Å². The van der Waals surface area contributed by atoms with Gasteiger partial charge in [-0.3, -0.25) is 9.59 Å². The number of amides is 2. The Kier molecular flexibility index (Phi) is 9.54. The van der Waals surface area contributed by atoms with E-state index in [1.54, 1.807) is 30.8 Å². The maximum absolute atomic E-state index is 13.0. The summed E-state index contributed by atoms with van der Waals surface area (Å²) in [5.74, 6) is 1.63. The summed E-state index contributed by atoms with van der Waals surface area (Å²) in [4.78, 5) is 27.1. The van der Waals surface area contributed by atoms with E-state index < -0.39 is 6.04 Å². The van der Waals surface area contributed by atoms with E-state index in [0.29, 0.717) is 18.7 Å². The molecule has 1 N–H and O–H groups in total. The highest BCUT2D eigenvalue weighted by Crippen LogP contribution is 2.20. The highest BCUT2D eigenvalue weighted by Gasteiger charge is 2.27. The summed E-state index contributed by atoms with van der Waals surface area (Å²) in [7, 11) is 3.22. The van der Waals surface area contributed by atoms with Crippen LogP contribution in [0.2, 0.25) is 0 Å².